The number of thioether (sulfide) groups is 1. The number of rotatable bonds is 7. The van der Waals surface area contributed by atoms with Gasteiger partial charge in [0.2, 0.25) is 5.91 Å². The van der Waals surface area contributed by atoms with E-state index in [-0.39, 0.29) is 12.3 Å². The molecule has 0 fully saturated rings. The lowest BCUT2D eigenvalue weighted by Gasteiger charge is -2.26. The van der Waals surface area contributed by atoms with E-state index in [1.165, 1.54) is 31.2 Å². The van der Waals surface area contributed by atoms with E-state index in [9.17, 15) is 19.1 Å². The summed E-state index contributed by atoms with van der Waals surface area (Å²) in [5.74, 6) is -1.11. The number of hydrogen-bond acceptors (Lipinski definition) is 3. The summed E-state index contributed by atoms with van der Waals surface area (Å²) in [6.07, 6.45) is 2.90. The van der Waals surface area contributed by atoms with Crippen molar-refractivity contribution in [3.63, 3.8) is 0 Å². The minimum absolute atomic E-state index is 0.269. The molecule has 0 saturated carbocycles. The molecule has 1 atom stereocenters. The number of carbonyl (C=O) groups is 2. The Morgan fingerprint density at radius 3 is 2.45 bits per heavy atom. The molecular weight excluding hydrogens is 281 g/mol. The standard InChI is InChI=1S/C14H18FNO3S/c1-14(13(18)19,10-5-7-11(15)8-6-10)16-12(17)4-3-9-20-2/h5-8H,3-4,9H2,1-2H3,(H,16,17)(H,18,19). The third-order valence-electron chi connectivity index (χ3n) is 2.99. The zero-order chi connectivity index (χ0) is 15.2. The molecule has 2 N–H and O–H groups in total. The van der Waals surface area contributed by atoms with E-state index >= 15 is 0 Å². The van der Waals surface area contributed by atoms with Gasteiger partial charge in [0.25, 0.3) is 0 Å². The summed E-state index contributed by atoms with van der Waals surface area (Å²) < 4.78 is 12.9. The maximum absolute atomic E-state index is 12.9. The van der Waals surface area contributed by atoms with Crippen molar-refractivity contribution in [2.45, 2.75) is 25.3 Å². The van der Waals surface area contributed by atoms with Crippen LogP contribution in [-0.4, -0.2) is 29.0 Å². The minimum atomic E-state index is -1.55. The summed E-state index contributed by atoms with van der Waals surface area (Å²) in [6.45, 7) is 1.40. The van der Waals surface area contributed by atoms with Crippen molar-refractivity contribution in [1.29, 1.82) is 0 Å². The molecule has 110 valence electrons. The van der Waals surface area contributed by atoms with Crippen molar-refractivity contribution in [3.05, 3.63) is 35.6 Å². The predicted octanol–water partition coefficient (Wildman–Crippen LogP) is 2.38. The van der Waals surface area contributed by atoms with Crippen LogP contribution in [0.3, 0.4) is 0 Å². The van der Waals surface area contributed by atoms with Crippen LogP contribution in [0.5, 0.6) is 0 Å². The van der Waals surface area contributed by atoms with Crippen molar-refractivity contribution in [2.24, 2.45) is 0 Å². The van der Waals surface area contributed by atoms with E-state index in [0.717, 1.165) is 5.75 Å². The van der Waals surface area contributed by atoms with Crippen LogP contribution in [0.1, 0.15) is 25.3 Å². The molecule has 0 aliphatic rings. The Hall–Kier alpha value is -1.56. The Morgan fingerprint density at radius 2 is 1.95 bits per heavy atom. The molecule has 0 spiro atoms. The third-order valence-corrected chi connectivity index (χ3v) is 3.69. The summed E-state index contributed by atoms with van der Waals surface area (Å²) in [5, 5.41) is 11.9. The highest BCUT2D eigenvalue weighted by molar-refractivity contribution is 7.98. The molecule has 0 aliphatic carbocycles. The minimum Gasteiger partial charge on any atom is -0.479 e. The Bertz CT molecular complexity index is 478. The average Bonchev–Trinajstić information content (AvgIpc) is 2.39. The topological polar surface area (TPSA) is 66.4 Å². The first-order valence-corrected chi connectivity index (χ1v) is 7.59. The SMILES string of the molecule is CSCCCC(=O)NC(C)(C(=O)O)c1ccc(F)cc1. The molecule has 1 unspecified atom stereocenters. The van der Waals surface area contributed by atoms with Crippen LogP contribution in [0.25, 0.3) is 0 Å². The quantitative estimate of drug-likeness (QED) is 0.759. The largest absolute Gasteiger partial charge is 0.479 e. The number of carbonyl (C=O) groups excluding carboxylic acids is 1. The molecule has 4 nitrogen and oxygen atoms in total. The fraction of sp³-hybridized carbons (Fsp3) is 0.429. The van der Waals surface area contributed by atoms with E-state index in [1.54, 1.807) is 11.8 Å². The maximum atomic E-state index is 12.9. The van der Waals surface area contributed by atoms with Gasteiger partial charge < -0.3 is 10.4 Å². The molecule has 0 aromatic heterocycles. The smallest absolute Gasteiger partial charge is 0.333 e. The molecule has 1 rings (SSSR count). The molecule has 6 heteroatoms. The van der Waals surface area contributed by atoms with Crippen LogP contribution in [0.2, 0.25) is 0 Å². The Labute approximate surface area is 121 Å². The van der Waals surface area contributed by atoms with Gasteiger partial charge in [0.15, 0.2) is 5.54 Å². The Kier molecular flexibility index (Phi) is 6.01. The van der Waals surface area contributed by atoms with Gasteiger partial charge in [0.1, 0.15) is 5.82 Å². The van der Waals surface area contributed by atoms with Crippen LogP contribution in [0, 0.1) is 5.82 Å². The monoisotopic (exact) mass is 299 g/mol. The normalized spacial score (nSPS) is 13.6. The van der Waals surface area contributed by atoms with Gasteiger partial charge in [0.05, 0.1) is 0 Å². The zero-order valence-electron chi connectivity index (χ0n) is 11.5. The van der Waals surface area contributed by atoms with Gasteiger partial charge >= 0.3 is 5.97 Å². The van der Waals surface area contributed by atoms with Gasteiger partial charge in [-0.2, -0.15) is 11.8 Å². The fourth-order valence-corrected chi connectivity index (χ4v) is 2.18. The molecule has 1 aromatic carbocycles. The van der Waals surface area contributed by atoms with Crippen molar-refractivity contribution in [1.82, 2.24) is 5.32 Å². The molecule has 0 radical (unpaired) electrons. The molecule has 0 heterocycles. The van der Waals surface area contributed by atoms with Gasteiger partial charge in [-0.1, -0.05) is 12.1 Å². The van der Waals surface area contributed by atoms with E-state index < -0.39 is 17.3 Å². The molecule has 20 heavy (non-hydrogen) atoms. The highest BCUT2D eigenvalue weighted by Crippen LogP contribution is 2.22. The van der Waals surface area contributed by atoms with Gasteiger partial charge in [-0.15, -0.1) is 0 Å². The molecule has 1 amide bonds. The number of benzene rings is 1. The van der Waals surface area contributed by atoms with Gasteiger partial charge in [-0.3, -0.25) is 4.79 Å². The van der Waals surface area contributed by atoms with E-state index in [1.807, 2.05) is 6.26 Å². The van der Waals surface area contributed by atoms with Gasteiger partial charge in [0, 0.05) is 6.42 Å². The highest BCUT2D eigenvalue weighted by Gasteiger charge is 2.36. The molecule has 1 aromatic rings. The fourth-order valence-electron chi connectivity index (χ4n) is 1.75. The van der Waals surface area contributed by atoms with E-state index in [4.69, 9.17) is 0 Å². The van der Waals surface area contributed by atoms with Crippen LogP contribution in [0.4, 0.5) is 4.39 Å². The van der Waals surface area contributed by atoms with E-state index in [2.05, 4.69) is 5.32 Å². The van der Waals surface area contributed by atoms with Crippen molar-refractivity contribution in [3.8, 4) is 0 Å². The molecular formula is C14H18FNO3S. The summed E-state index contributed by atoms with van der Waals surface area (Å²) >= 11 is 1.63. The summed E-state index contributed by atoms with van der Waals surface area (Å²) in [7, 11) is 0. The number of aliphatic carboxylic acids is 1. The molecule has 0 bridgehead atoms. The molecule has 0 aliphatic heterocycles. The summed E-state index contributed by atoms with van der Waals surface area (Å²) in [5.41, 5.74) is -1.21. The number of nitrogens with one attached hydrogen (secondary N) is 1. The van der Waals surface area contributed by atoms with Crippen LogP contribution >= 0.6 is 11.8 Å². The van der Waals surface area contributed by atoms with Gasteiger partial charge in [-0.05, 0) is 43.0 Å². The second kappa shape index (κ2) is 7.28. The first-order chi connectivity index (χ1) is 9.40. The third kappa shape index (κ3) is 4.23. The molecule has 0 saturated heterocycles. The van der Waals surface area contributed by atoms with Crippen LogP contribution < -0.4 is 5.32 Å². The van der Waals surface area contributed by atoms with E-state index in [0.29, 0.717) is 12.0 Å². The number of amides is 1. The zero-order valence-corrected chi connectivity index (χ0v) is 12.3. The lowest BCUT2D eigenvalue weighted by atomic mass is 9.91. The van der Waals surface area contributed by atoms with Crippen molar-refractivity contribution >= 4 is 23.6 Å². The first-order valence-electron chi connectivity index (χ1n) is 6.19. The highest BCUT2D eigenvalue weighted by atomic mass is 32.2. The van der Waals surface area contributed by atoms with Crippen molar-refractivity contribution in [2.75, 3.05) is 12.0 Å². The number of hydrogen-bond donors (Lipinski definition) is 2. The lowest BCUT2D eigenvalue weighted by Crippen LogP contribution is -2.49. The average molecular weight is 299 g/mol. The van der Waals surface area contributed by atoms with Crippen LogP contribution in [0.15, 0.2) is 24.3 Å². The summed E-state index contributed by atoms with van der Waals surface area (Å²) in [6, 6.07) is 5.09. The van der Waals surface area contributed by atoms with Crippen LogP contribution in [-0.2, 0) is 15.1 Å². The summed E-state index contributed by atoms with van der Waals surface area (Å²) in [4.78, 5) is 23.3. The van der Waals surface area contributed by atoms with Crippen molar-refractivity contribution < 1.29 is 19.1 Å². The number of halogens is 1. The second-order valence-corrected chi connectivity index (χ2v) is 5.57. The van der Waals surface area contributed by atoms with Gasteiger partial charge in [-0.25, -0.2) is 9.18 Å². The number of carboxylic acid groups (broad SMARTS) is 1. The Balaban J connectivity index is 2.84. The first kappa shape index (κ1) is 16.5. The predicted molar refractivity (Wildman–Crippen MR) is 77.1 cm³/mol. The Morgan fingerprint density at radius 1 is 1.35 bits per heavy atom. The second-order valence-electron chi connectivity index (χ2n) is 4.58. The maximum Gasteiger partial charge on any atom is 0.333 e. The number of carboxylic acids is 1. The lowest BCUT2D eigenvalue weighted by molar-refractivity contribution is -0.147.